The Morgan fingerprint density at radius 1 is 1.15 bits per heavy atom. The first kappa shape index (κ1) is 25.5. The fourth-order valence-corrected chi connectivity index (χ4v) is 4.94. The number of ether oxygens (including phenoxy) is 3. The van der Waals surface area contributed by atoms with Gasteiger partial charge in [-0.3, -0.25) is 10.1 Å². The maximum Gasteiger partial charge on any atom is 0.321 e. The molecule has 8 heteroatoms. The lowest BCUT2D eigenvalue weighted by molar-refractivity contribution is -0.138. The van der Waals surface area contributed by atoms with Crippen LogP contribution in [0.25, 0.3) is 0 Å². The highest BCUT2D eigenvalue weighted by Crippen LogP contribution is 2.42. The number of benzene rings is 2. The normalized spacial score (nSPS) is 18.2. The van der Waals surface area contributed by atoms with Crippen LogP contribution in [0.15, 0.2) is 36.4 Å². The number of carboxylic acids is 1. The zero-order chi connectivity index (χ0) is 24.0. The molecule has 6 nitrogen and oxygen atoms in total. The van der Waals surface area contributed by atoms with E-state index in [-0.39, 0.29) is 10.8 Å². The molecule has 1 saturated heterocycles. The fraction of sp³-hybridized carbons (Fsp3) is 0.480. The number of carboxylic acid groups (broad SMARTS) is 1. The summed E-state index contributed by atoms with van der Waals surface area (Å²) in [7, 11) is 0. The minimum atomic E-state index is -0.857. The molecule has 2 aromatic carbocycles. The summed E-state index contributed by atoms with van der Waals surface area (Å²) < 4.78 is 17.5. The van der Waals surface area contributed by atoms with Gasteiger partial charge < -0.3 is 19.3 Å². The van der Waals surface area contributed by atoms with Gasteiger partial charge in [0.1, 0.15) is 25.0 Å². The Hall–Kier alpha value is -2.09. The minimum Gasteiger partial charge on any atom is -0.490 e. The second-order valence-electron chi connectivity index (χ2n) is 8.49. The van der Waals surface area contributed by atoms with Gasteiger partial charge in [-0.1, -0.05) is 44.5 Å². The smallest absolute Gasteiger partial charge is 0.321 e. The summed E-state index contributed by atoms with van der Waals surface area (Å²) in [6.45, 7) is 9.66. The van der Waals surface area contributed by atoms with Crippen molar-refractivity contribution < 1.29 is 24.1 Å². The lowest BCUT2D eigenvalue weighted by Gasteiger charge is -2.23. The van der Waals surface area contributed by atoms with Crippen molar-refractivity contribution in [1.82, 2.24) is 5.32 Å². The molecule has 1 aliphatic rings. The number of rotatable bonds is 11. The molecule has 0 spiro atoms. The van der Waals surface area contributed by atoms with Gasteiger partial charge in [0.25, 0.3) is 0 Å². The van der Waals surface area contributed by atoms with Crippen LogP contribution in [0.5, 0.6) is 17.2 Å². The van der Waals surface area contributed by atoms with Gasteiger partial charge in [-0.2, -0.15) is 0 Å². The van der Waals surface area contributed by atoms with Gasteiger partial charge in [0.15, 0.2) is 11.5 Å². The monoisotopic (exact) mass is 493 g/mol. The van der Waals surface area contributed by atoms with Crippen LogP contribution < -0.4 is 19.5 Å². The zero-order valence-electron chi connectivity index (χ0n) is 19.5. The number of nitrogens with one attached hydrogen (secondary N) is 1. The lowest BCUT2D eigenvalue weighted by atomic mass is 9.82. The molecule has 2 aromatic rings. The maximum absolute atomic E-state index is 11.2. The number of thioether (sulfide) groups is 1. The third-order valence-corrected chi connectivity index (χ3v) is 7.38. The Labute approximate surface area is 204 Å². The predicted molar refractivity (Wildman–Crippen MR) is 133 cm³/mol. The number of halogens is 1. The molecule has 2 unspecified atom stereocenters. The van der Waals surface area contributed by atoms with E-state index in [0.717, 1.165) is 17.7 Å². The molecule has 180 valence electrons. The molecular weight excluding hydrogens is 462 g/mol. The molecule has 33 heavy (non-hydrogen) atoms. The van der Waals surface area contributed by atoms with Crippen LogP contribution in [0.4, 0.5) is 0 Å². The van der Waals surface area contributed by atoms with Crippen molar-refractivity contribution in [1.29, 1.82) is 0 Å². The predicted octanol–water partition coefficient (Wildman–Crippen LogP) is 5.67. The number of carbonyl (C=O) groups is 1. The summed E-state index contributed by atoms with van der Waals surface area (Å²) in [6, 6.07) is 11.2. The SMILES string of the molecule is CCOc1cc(C2NC(C(=O)O)CS2)cc(Cl)c1OCCOc1ccc(C(C)(C)CC)cc1. The number of hydrogen-bond acceptors (Lipinski definition) is 6. The second-order valence-corrected chi connectivity index (χ2v) is 10.0. The Morgan fingerprint density at radius 2 is 1.85 bits per heavy atom. The summed E-state index contributed by atoms with van der Waals surface area (Å²) in [5, 5.41) is 12.6. The highest BCUT2D eigenvalue weighted by Gasteiger charge is 2.31. The zero-order valence-corrected chi connectivity index (χ0v) is 21.1. The summed E-state index contributed by atoms with van der Waals surface area (Å²) in [4.78, 5) is 11.2. The fourth-order valence-electron chi connectivity index (χ4n) is 3.46. The van der Waals surface area contributed by atoms with E-state index in [1.807, 2.05) is 25.1 Å². The van der Waals surface area contributed by atoms with Crippen LogP contribution in [-0.4, -0.2) is 42.7 Å². The molecule has 1 heterocycles. The van der Waals surface area contributed by atoms with E-state index >= 15 is 0 Å². The van der Waals surface area contributed by atoms with E-state index in [9.17, 15) is 9.90 Å². The van der Waals surface area contributed by atoms with Crippen LogP contribution in [0.1, 0.15) is 50.6 Å². The van der Waals surface area contributed by atoms with E-state index in [4.69, 9.17) is 25.8 Å². The van der Waals surface area contributed by atoms with Crippen LogP contribution in [0, 0.1) is 0 Å². The van der Waals surface area contributed by atoms with E-state index in [2.05, 4.69) is 38.2 Å². The maximum atomic E-state index is 11.2. The molecule has 0 radical (unpaired) electrons. The molecule has 0 aliphatic carbocycles. The van der Waals surface area contributed by atoms with Crippen molar-refractivity contribution in [2.75, 3.05) is 25.6 Å². The first-order valence-electron chi connectivity index (χ1n) is 11.2. The van der Waals surface area contributed by atoms with Crippen molar-refractivity contribution in [3.8, 4) is 17.2 Å². The second kappa shape index (κ2) is 11.4. The summed E-state index contributed by atoms with van der Waals surface area (Å²) >= 11 is 8.05. The Morgan fingerprint density at radius 3 is 2.45 bits per heavy atom. The quantitative estimate of drug-likeness (QED) is 0.390. The van der Waals surface area contributed by atoms with Crippen LogP contribution in [0.2, 0.25) is 5.02 Å². The van der Waals surface area contributed by atoms with Gasteiger partial charge in [-0.05, 0) is 54.2 Å². The van der Waals surface area contributed by atoms with Gasteiger partial charge >= 0.3 is 5.97 Å². The van der Waals surface area contributed by atoms with Gasteiger partial charge in [0.05, 0.1) is 17.0 Å². The highest BCUT2D eigenvalue weighted by molar-refractivity contribution is 7.99. The standard InChI is InChI=1S/C25H32ClNO5S/c1-5-25(3,4)17-7-9-18(10-8-17)31-11-12-32-22-19(26)13-16(14-21(22)30-6-2)23-27-20(15-33-23)24(28)29/h7-10,13-14,20,23,27H,5-6,11-12,15H2,1-4H3,(H,28,29). The average Bonchev–Trinajstić information content (AvgIpc) is 3.29. The third-order valence-electron chi connectivity index (χ3n) is 5.83. The number of aliphatic carboxylic acids is 1. The molecule has 1 fully saturated rings. The molecule has 1 aliphatic heterocycles. The molecule has 0 amide bonds. The molecular formula is C25H32ClNO5S. The first-order chi connectivity index (χ1) is 15.7. The third kappa shape index (κ3) is 6.49. The van der Waals surface area contributed by atoms with E-state index < -0.39 is 12.0 Å². The van der Waals surface area contributed by atoms with Crippen molar-refractivity contribution >= 4 is 29.3 Å². The summed E-state index contributed by atoms with van der Waals surface area (Å²) in [5.41, 5.74) is 2.28. The number of hydrogen-bond donors (Lipinski definition) is 2. The molecule has 0 saturated carbocycles. The van der Waals surface area contributed by atoms with Crippen molar-refractivity contribution in [3.63, 3.8) is 0 Å². The summed E-state index contributed by atoms with van der Waals surface area (Å²) in [6.07, 6.45) is 1.07. The highest BCUT2D eigenvalue weighted by atomic mass is 35.5. The van der Waals surface area contributed by atoms with Gasteiger partial charge in [-0.15, -0.1) is 11.8 Å². The lowest BCUT2D eigenvalue weighted by Crippen LogP contribution is -2.33. The Bertz CT molecular complexity index is 951. The summed E-state index contributed by atoms with van der Waals surface area (Å²) in [5.74, 6) is 1.42. The van der Waals surface area contributed by atoms with Crippen molar-refractivity contribution in [3.05, 3.63) is 52.5 Å². The molecule has 0 bridgehead atoms. The van der Waals surface area contributed by atoms with Crippen molar-refractivity contribution in [2.45, 2.75) is 50.9 Å². The van der Waals surface area contributed by atoms with E-state index in [1.54, 1.807) is 6.07 Å². The average molecular weight is 494 g/mol. The molecule has 3 rings (SSSR count). The first-order valence-corrected chi connectivity index (χ1v) is 12.6. The largest absolute Gasteiger partial charge is 0.490 e. The topological polar surface area (TPSA) is 77.0 Å². The van der Waals surface area contributed by atoms with E-state index in [1.165, 1.54) is 17.3 Å². The Balaban J connectivity index is 1.60. The molecule has 2 atom stereocenters. The van der Waals surface area contributed by atoms with Crippen molar-refractivity contribution in [2.24, 2.45) is 0 Å². The van der Waals surface area contributed by atoms with Gasteiger partial charge in [-0.25, -0.2) is 0 Å². The van der Waals surface area contributed by atoms with Gasteiger partial charge in [0.2, 0.25) is 0 Å². The Kier molecular flexibility index (Phi) is 8.79. The van der Waals surface area contributed by atoms with E-state index in [0.29, 0.717) is 42.1 Å². The van der Waals surface area contributed by atoms with Crippen LogP contribution in [-0.2, 0) is 10.2 Å². The van der Waals surface area contributed by atoms with Crippen LogP contribution in [0.3, 0.4) is 0 Å². The minimum absolute atomic E-state index is 0.140. The molecule has 0 aromatic heterocycles. The van der Waals surface area contributed by atoms with Crippen LogP contribution >= 0.6 is 23.4 Å². The molecule has 2 N–H and O–H groups in total. The van der Waals surface area contributed by atoms with Gasteiger partial charge in [0, 0.05) is 5.75 Å².